The smallest absolute Gasteiger partial charge is 1.00 e. The molecular formula is C11H21ClHgO2. The largest absolute Gasteiger partial charge is 1.00 e. The van der Waals surface area contributed by atoms with Gasteiger partial charge in [-0.05, 0) is 26.7 Å². The van der Waals surface area contributed by atoms with Crippen LogP contribution in [0.5, 0.6) is 0 Å². The average Bonchev–Trinajstić information content (AvgIpc) is 1.95. The van der Waals surface area contributed by atoms with E-state index in [-0.39, 0.29) is 52.3 Å². The van der Waals surface area contributed by atoms with Crippen LogP contribution in [0.2, 0.25) is 0 Å². The molecule has 1 fully saturated rings. The van der Waals surface area contributed by atoms with Gasteiger partial charge in [-0.3, -0.25) is 0 Å². The van der Waals surface area contributed by atoms with Crippen molar-refractivity contribution in [2.75, 3.05) is 0 Å². The standard InChI is InChI=1S/C11H21O2.ClH.Hg/c1-7(2)10-8(3)9(4)12-11(5,6)13-10;;/h7-10H,4H2,1-3,5-6H3;1H;/q;;+1/p-1/t8-,9+,10-;;/m0../s1. The molecule has 0 aromatic heterocycles. The van der Waals surface area contributed by atoms with Gasteiger partial charge < -0.3 is 21.9 Å². The molecule has 0 aromatic rings. The maximum atomic E-state index is 5.86. The minimum absolute atomic E-state index is 0. The van der Waals surface area contributed by atoms with Crippen LogP contribution in [0.3, 0.4) is 0 Å². The summed E-state index contributed by atoms with van der Waals surface area (Å²) in [5.74, 6) is 0.406. The second kappa shape index (κ2) is 6.78. The maximum absolute atomic E-state index is 5.86. The minimum Gasteiger partial charge on any atom is -1.00 e. The summed E-state index contributed by atoms with van der Waals surface area (Å²) in [7, 11) is 0. The zero-order chi connectivity index (χ0) is 10.2. The molecule has 2 nitrogen and oxygen atoms in total. The molecule has 1 aliphatic rings. The molecule has 0 unspecified atom stereocenters. The monoisotopic (exact) mass is 422 g/mol. The summed E-state index contributed by atoms with van der Waals surface area (Å²) in [5, 5.41) is 0. The molecule has 1 saturated heterocycles. The Morgan fingerprint density at radius 1 is 1.20 bits per heavy atom. The first kappa shape index (κ1) is 18.5. The summed E-state index contributed by atoms with van der Waals surface area (Å²) in [5.41, 5.74) is 0. The molecule has 0 aliphatic carbocycles. The van der Waals surface area contributed by atoms with Crippen molar-refractivity contribution in [3.8, 4) is 0 Å². The first-order valence-electron chi connectivity index (χ1n) is 5.02. The number of halogens is 1. The first-order chi connectivity index (χ1) is 5.83. The fourth-order valence-electron chi connectivity index (χ4n) is 1.89. The van der Waals surface area contributed by atoms with Crippen LogP contribution in [-0.2, 0) is 37.1 Å². The third-order valence-electron chi connectivity index (χ3n) is 2.62. The molecular weight excluding hydrogens is 400 g/mol. The molecule has 0 saturated carbocycles. The summed E-state index contributed by atoms with van der Waals surface area (Å²) >= 11 is 0. The van der Waals surface area contributed by atoms with Crippen LogP contribution >= 0.6 is 0 Å². The molecule has 2 radical (unpaired) electrons. The van der Waals surface area contributed by atoms with Gasteiger partial charge in [-0.15, -0.1) is 0 Å². The van der Waals surface area contributed by atoms with E-state index < -0.39 is 5.79 Å². The van der Waals surface area contributed by atoms with Crippen LogP contribution in [-0.4, -0.2) is 18.0 Å². The van der Waals surface area contributed by atoms with E-state index in [0.29, 0.717) is 11.8 Å². The summed E-state index contributed by atoms with van der Waals surface area (Å²) in [6.45, 7) is 14.4. The molecule has 86 valence electrons. The molecule has 0 aromatic carbocycles. The Hall–Kier alpha value is 1.15. The number of ether oxygens (including phenoxy) is 2. The van der Waals surface area contributed by atoms with E-state index in [9.17, 15) is 0 Å². The van der Waals surface area contributed by atoms with Crippen LogP contribution in [0.4, 0.5) is 0 Å². The maximum Gasteiger partial charge on any atom is 1.00 e. The van der Waals surface area contributed by atoms with E-state index in [0.717, 1.165) is 0 Å². The van der Waals surface area contributed by atoms with Gasteiger partial charge in [-0.1, -0.05) is 20.8 Å². The minimum atomic E-state index is -0.478. The van der Waals surface area contributed by atoms with Gasteiger partial charge in [0.2, 0.25) is 0 Å². The SMILES string of the molecule is [CH2][C@H]1OC(C)(C)O[C@@H](C(C)C)[C@H]1C.[Cl-].[Hg+]. The van der Waals surface area contributed by atoms with Gasteiger partial charge in [0.15, 0.2) is 5.79 Å². The van der Waals surface area contributed by atoms with E-state index in [1.54, 1.807) is 0 Å². The number of hydrogen-bond donors (Lipinski definition) is 0. The zero-order valence-electron chi connectivity index (χ0n) is 10.4. The second-order valence-corrected chi connectivity index (χ2v) is 4.74. The Kier molecular flexibility index (Phi) is 8.36. The third-order valence-corrected chi connectivity index (χ3v) is 2.62. The first-order valence-corrected chi connectivity index (χ1v) is 5.02. The summed E-state index contributed by atoms with van der Waals surface area (Å²) in [6, 6.07) is 0. The molecule has 0 amide bonds. The fraction of sp³-hybridized carbons (Fsp3) is 0.909. The quantitative estimate of drug-likeness (QED) is 0.539. The van der Waals surface area contributed by atoms with Crippen molar-refractivity contribution in [2.24, 2.45) is 11.8 Å². The topological polar surface area (TPSA) is 18.5 Å². The van der Waals surface area contributed by atoms with E-state index in [1.165, 1.54) is 0 Å². The fourth-order valence-corrected chi connectivity index (χ4v) is 1.89. The predicted octanol–water partition coefficient (Wildman–Crippen LogP) is -0.366. The molecule has 0 N–H and O–H groups in total. The van der Waals surface area contributed by atoms with Crippen LogP contribution in [0.1, 0.15) is 34.6 Å². The molecule has 0 spiro atoms. The number of hydrogen-bond acceptors (Lipinski definition) is 2. The van der Waals surface area contributed by atoms with Gasteiger partial charge in [-0.2, -0.15) is 0 Å². The van der Waals surface area contributed by atoms with Crippen molar-refractivity contribution < 1.29 is 49.5 Å². The summed E-state index contributed by atoms with van der Waals surface area (Å²) < 4.78 is 11.5. The summed E-state index contributed by atoms with van der Waals surface area (Å²) in [4.78, 5) is 0. The van der Waals surface area contributed by atoms with E-state index in [1.807, 2.05) is 13.8 Å². The van der Waals surface area contributed by atoms with Crippen molar-refractivity contribution in [3.05, 3.63) is 6.92 Å². The van der Waals surface area contributed by atoms with Gasteiger partial charge in [-0.25, -0.2) is 0 Å². The van der Waals surface area contributed by atoms with Crippen molar-refractivity contribution in [3.63, 3.8) is 0 Å². The Morgan fingerprint density at radius 2 is 1.67 bits per heavy atom. The summed E-state index contributed by atoms with van der Waals surface area (Å²) in [6.07, 6.45) is 0.294. The van der Waals surface area contributed by atoms with Gasteiger partial charge in [0.05, 0.1) is 12.2 Å². The van der Waals surface area contributed by atoms with Crippen molar-refractivity contribution in [1.82, 2.24) is 0 Å². The number of rotatable bonds is 1. The molecule has 4 heteroatoms. The van der Waals surface area contributed by atoms with E-state index in [2.05, 4.69) is 27.7 Å². The van der Waals surface area contributed by atoms with Crippen LogP contribution < -0.4 is 12.4 Å². The average molecular weight is 421 g/mol. The van der Waals surface area contributed by atoms with Gasteiger partial charge in [0.25, 0.3) is 0 Å². The van der Waals surface area contributed by atoms with Gasteiger partial charge in [0.1, 0.15) is 0 Å². The van der Waals surface area contributed by atoms with Gasteiger partial charge in [0, 0.05) is 5.92 Å². The molecule has 1 aliphatic heterocycles. The normalized spacial score (nSPS) is 34.2. The molecule has 0 bridgehead atoms. The Labute approximate surface area is 120 Å². The molecule has 1 heterocycles. The molecule has 3 atom stereocenters. The van der Waals surface area contributed by atoms with Crippen molar-refractivity contribution in [1.29, 1.82) is 0 Å². The Morgan fingerprint density at radius 3 is 2.07 bits per heavy atom. The Bertz CT molecular complexity index is 185. The molecule has 1 rings (SSSR count). The third kappa shape index (κ3) is 4.89. The van der Waals surface area contributed by atoms with Crippen LogP contribution in [0.15, 0.2) is 0 Å². The van der Waals surface area contributed by atoms with Crippen LogP contribution in [0, 0.1) is 18.8 Å². The molecule has 15 heavy (non-hydrogen) atoms. The van der Waals surface area contributed by atoms with Crippen molar-refractivity contribution >= 4 is 0 Å². The van der Waals surface area contributed by atoms with E-state index >= 15 is 0 Å². The zero-order valence-corrected chi connectivity index (χ0v) is 16.7. The van der Waals surface area contributed by atoms with Gasteiger partial charge >= 0.3 is 27.7 Å². The Balaban J connectivity index is 0. The predicted molar refractivity (Wildman–Crippen MR) is 53.2 cm³/mol. The second-order valence-electron chi connectivity index (χ2n) is 4.74. The van der Waals surface area contributed by atoms with E-state index in [4.69, 9.17) is 9.47 Å². The van der Waals surface area contributed by atoms with Crippen LogP contribution in [0.25, 0.3) is 0 Å². The van der Waals surface area contributed by atoms with Crippen molar-refractivity contribution in [2.45, 2.75) is 52.6 Å².